The quantitative estimate of drug-likeness (QED) is 0.883. The van der Waals surface area contributed by atoms with Crippen LogP contribution in [0, 0.1) is 5.92 Å². The van der Waals surface area contributed by atoms with Crippen LogP contribution in [-0.2, 0) is 14.8 Å². The van der Waals surface area contributed by atoms with E-state index in [0.717, 1.165) is 0 Å². The van der Waals surface area contributed by atoms with Gasteiger partial charge in [-0.15, -0.1) is 0 Å². The maximum Gasteiger partial charge on any atom is 0.307 e. The predicted octanol–water partition coefficient (Wildman–Crippen LogP) is 1.31. The minimum absolute atomic E-state index is 0.0256. The molecular weight excluding hydrogens is 318 g/mol. The first-order valence-corrected chi connectivity index (χ1v) is 8.07. The number of carboxylic acid groups (broad SMARTS) is 1. The fraction of sp³-hybridized carbons (Fsp3) is 0.333. The number of aromatic amines is 1. The zero-order chi connectivity index (χ0) is 15.2. The number of nitrogens with one attached hydrogen (secondary N) is 1. The van der Waals surface area contributed by atoms with E-state index < -0.39 is 21.9 Å². The average molecular weight is 330 g/mol. The molecule has 1 unspecified atom stereocenters. The number of carbonyl (C=O) groups is 1. The molecule has 1 fully saturated rings. The van der Waals surface area contributed by atoms with Gasteiger partial charge in [-0.05, 0) is 12.5 Å². The van der Waals surface area contributed by atoms with Crippen molar-refractivity contribution in [2.45, 2.75) is 11.3 Å². The number of aromatic nitrogens is 2. The van der Waals surface area contributed by atoms with E-state index in [1.165, 1.54) is 22.8 Å². The van der Waals surface area contributed by atoms with E-state index in [2.05, 4.69) is 9.97 Å². The van der Waals surface area contributed by atoms with E-state index in [1.54, 1.807) is 0 Å². The predicted molar refractivity (Wildman–Crippen MR) is 75.6 cm³/mol. The molecule has 2 aromatic heterocycles. The van der Waals surface area contributed by atoms with Crippen molar-refractivity contribution in [3.8, 4) is 0 Å². The molecule has 1 aliphatic rings. The van der Waals surface area contributed by atoms with Gasteiger partial charge in [0.15, 0.2) is 0 Å². The fourth-order valence-corrected chi connectivity index (χ4v) is 4.46. The molecule has 0 radical (unpaired) electrons. The maximum atomic E-state index is 12.7. The van der Waals surface area contributed by atoms with E-state index >= 15 is 0 Å². The molecule has 0 saturated carbocycles. The molecule has 0 spiro atoms. The van der Waals surface area contributed by atoms with Gasteiger partial charge in [-0.3, -0.25) is 4.79 Å². The summed E-state index contributed by atoms with van der Waals surface area (Å²) in [7, 11) is -3.80. The van der Waals surface area contributed by atoms with Gasteiger partial charge in [0.1, 0.15) is 10.5 Å². The highest BCUT2D eigenvalue weighted by molar-refractivity contribution is 7.89. The van der Waals surface area contributed by atoms with Crippen molar-refractivity contribution < 1.29 is 18.3 Å². The number of sulfonamides is 1. The molecule has 0 amide bonds. The second kappa shape index (κ2) is 4.97. The van der Waals surface area contributed by atoms with Crippen molar-refractivity contribution in [2.75, 3.05) is 13.1 Å². The van der Waals surface area contributed by atoms with Crippen LogP contribution in [0.3, 0.4) is 0 Å². The van der Waals surface area contributed by atoms with E-state index in [0.29, 0.717) is 17.5 Å². The van der Waals surface area contributed by atoms with Crippen LogP contribution in [0.5, 0.6) is 0 Å². The highest BCUT2D eigenvalue weighted by atomic mass is 35.5. The molecule has 9 heteroatoms. The Balaban J connectivity index is 2.04. The SMILES string of the molecule is O=C(O)C1CCN(S(=O)(=O)c2c[nH]c3nccc(Cl)c23)C1. The number of H-pyrrole nitrogens is 1. The van der Waals surface area contributed by atoms with Crippen LogP contribution in [-0.4, -0.2) is 46.9 Å². The van der Waals surface area contributed by atoms with Crippen molar-refractivity contribution in [2.24, 2.45) is 5.92 Å². The normalized spacial score (nSPS) is 20.1. The van der Waals surface area contributed by atoms with Crippen LogP contribution >= 0.6 is 11.6 Å². The molecule has 112 valence electrons. The van der Waals surface area contributed by atoms with Crippen LogP contribution in [0.25, 0.3) is 11.0 Å². The Morgan fingerprint density at radius 1 is 1.52 bits per heavy atom. The minimum atomic E-state index is -3.80. The largest absolute Gasteiger partial charge is 0.481 e. The van der Waals surface area contributed by atoms with Gasteiger partial charge >= 0.3 is 5.97 Å². The van der Waals surface area contributed by atoms with Crippen molar-refractivity contribution in [3.05, 3.63) is 23.5 Å². The molecule has 1 saturated heterocycles. The smallest absolute Gasteiger partial charge is 0.307 e. The zero-order valence-corrected chi connectivity index (χ0v) is 12.4. The average Bonchev–Trinajstić information content (AvgIpc) is 3.06. The summed E-state index contributed by atoms with van der Waals surface area (Å²) < 4.78 is 26.5. The molecule has 0 aromatic carbocycles. The number of pyridine rings is 1. The van der Waals surface area contributed by atoms with Crippen LogP contribution < -0.4 is 0 Å². The molecule has 1 atom stereocenters. The number of fused-ring (bicyclic) bond motifs is 1. The van der Waals surface area contributed by atoms with Gasteiger partial charge in [0, 0.05) is 25.5 Å². The number of carboxylic acids is 1. The third kappa shape index (κ3) is 2.29. The molecule has 2 N–H and O–H groups in total. The summed E-state index contributed by atoms with van der Waals surface area (Å²) in [5, 5.41) is 9.60. The summed E-state index contributed by atoms with van der Waals surface area (Å²) in [5.41, 5.74) is 0.384. The molecule has 0 aliphatic carbocycles. The van der Waals surface area contributed by atoms with Gasteiger partial charge in [-0.2, -0.15) is 4.31 Å². The lowest BCUT2D eigenvalue weighted by Gasteiger charge is -2.15. The van der Waals surface area contributed by atoms with Crippen molar-refractivity contribution in [3.63, 3.8) is 0 Å². The lowest BCUT2D eigenvalue weighted by Crippen LogP contribution is -2.30. The van der Waals surface area contributed by atoms with Gasteiger partial charge in [0.25, 0.3) is 0 Å². The van der Waals surface area contributed by atoms with E-state index in [9.17, 15) is 13.2 Å². The summed E-state index contributed by atoms with van der Waals surface area (Å²) in [5.74, 6) is -1.65. The van der Waals surface area contributed by atoms with Gasteiger partial charge in [0.05, 0.1) is 16.3 Å². The Morgan fingerprint density at radius 2 is 2.29 bits per heavy atom. The zero-order valence-electron chi connectivity index (χ0n) is 10.8. The number of aliphatic carboxylic acids is 1. The first kappa shape index (κ1) is 14.3. The first-order chi connectivity index (χ1) is 9.91. The number of halogens is 1. The Morgan fingerprint density at radius 3 is 2.95 bits per heavy atom. The second-order valence-corrected chi connectivity index (χ2v) is 7.17. The van der Waals surface area contributed by atoms with Gasteiger partial charge in [-0.1, -0.05) is 11.6 Å². The number of hydrogen-bond donors (Lipinski definition) is 2. The highest BCUT2D eigenvalue weighted by Gasteiger charge is 2.37. The molecule has 3 heterocycles. The first-order valence-electron chi connectivity index (χ1n) is 6.26. The molecular formula is C12H12ClN3O4S. The lowest BCUT2D eigenvalue weighted by atomic mass is 10.1. The second-order valence-electron chi connectivity index (χ2n) is 4.86. The van der Waals surface area contributed by atoms with Crippen LogP contribution in [0.2, 0.25) is 5.02 Å². The van der Waals surface area contributed by atoms with Crippen LogP contribution in [0.4, 0.5) is 0 Å². The summed E-state index contributed by atoms with van der Waals surface area (Å²) in [6.45, 7) is 0.159. The third-order valence-electron chi connectivity index (χ3n) is 3.60. The van der Waals surface area contributed by atoms with Crippen LogP contribution in [0.15, 0.2) is 23.4 Å². The lowest BCUT2D eigenvalue weighted by molar-refractivity contribution is -0.141. The summed E-state index contributed by atoms with van der Waals surface area (Å²) in [6.07, 6.45) is 3.13. The van der Waals surface area contributed by atoms with E-state index in [1.807, 2.05) is 0 Å². The number of hydrogen-bond acceptors (Lipinski definition) is 4. The molecule has 1 aliphatic heterocycles. The molecule has 3 rings (SSSR count). The van der Waals surface area contributed by atoms with Crippen LogP contribution in [0.1, 0.15) is 6.42 Å². The molecule has 21 heavy (non-hydrogen) atoms. The van der Waals surface area contributed by atoms with Crippen molar-refractivity contribution in [1.29, 1.82) is 0 Å². The third-order valence-corrected chi connectivity index (χ3v) is 5.81. The molecule has 7 nitrogen and oxygen atoms in total. The summed E-state index contributed by atoms with van der Waals surface area (Å²) >= 11 is 6.06. The van der Waals surface area contributed by atoms with Gasteiger partial charge in [0.2, 0.25) is 10.0 Å². The summed E-state index contributed by atoms with van der Waals surface area (Å²) in [4.78, 5) is 17.8. The Kier molecular flexibility index (Phi) is 3.39. The number of nitrogens with zero attached hydrogens (tertiary/aromatic N) is 2. The molecule has 2 aromatic rings. The van der Waals surface area contributed by atoms with Gasteiger partial charge in [-0.25, -0.2) is 13.4 Å². The fourth-order valence-electron chi connectivity index (χ4n) is 2.48. The van der Waals surface area contributed by atoms with Crippen molar-refractivity contribution in [1.82, 2.24) is 14.3 Å². The van der Waals surface area contributed by atoms with E-state index in [4.69, 9.17) is 16.7 Å². The number of rotatable bonds is 3. The Labute approximate surface area is 125 Å². The Bertz CT molecular complexity index is 817. The summed E-state index contributed by atoms with van der Waals surface area (Å²) in [6, 6.07) is 1.51. The topological polar surface area (TPSA) is 103 Å². The molecule has 0 bridgehead atoms. The Hall–Kier alpha value is -1.64. The highest BCUT2D eigenvalue weighted by Crippen LogP contribution is 2.32. The monoisotopic (exact) mass is 329 g/mol. The van der Waals surface area contributed by atoms with E-state index in [-0.39, 0.29) is 23.0 Å². The van der Waals surface area contributed by atoms with Crippen molar-refractivity contribution >= 4 is 38.6 Å². The van der Waals surface area contributed by atoms with Gasteiger partial charge < -0.3 is 10.1 Å². The maximum absolute atomic E-state index is 12.7. The minimum Gasteiger partial charge on any atom is -0.481 e. The standard InChI is InChI=1S/C12H12ClN3O4S/c13-8-1-3-14-11-10(8)9(5-15-11)21(19,20)16-4-2-7(6-16)12(17)18/h1,3,5,7H,2,4,6H2,(H,14,15)(H,17,18).